The first-order valence-corrected chi connectivity index (χ1v) is 11.9. The number of rotatable bonds is 8. The number of hydrogen-bond acceptors (Lipinski definition) is 4. The van der Waals surface area contributed by atoms with Crippen molar-refractivity contribution in [3.05, 3.63) is 89.6 Å². The fraction of sp³-hybridized carbons (Fsp3) is 0.310. The fourth-order valence-electron chi connectivity index (χ4n) is 4.58. The Kier molecular flexibility index (Phi) is 7.93. The molecule has 3 aromatic rings. The van der Waals surface area contributed by atoms with E-state index in [1.54, 1.807) is 30.5 Å². The van der Waals surface area contributed by atoms with Crippen molar-refractivity contribution in [2.45, 2.75) is 53.0 Å². The Hall–Kier alpha value is -4.00. The average Bonchev–Trinajstić information content (AvgIpc) is 2.81. The van der Waals surface area contributed by atoms with Gasteiger partial charge in [-0.25, -0.2) is 4.98 Å². The Labute approximate surface area is 212 Å². The highest BCUT2D eigenvalue weighted by Crippen LogP contribution is 2.47. The molecule has 0 spiro atoms. The number of anilines is 2. The van der Waals surface area contributed by atoms with Gasteiger partial charge in [-0.05, 0) is 54.7 Å². The molecule has 7 nitrogen and oxygen atoms in total. The minimum atomic E-state index is -1.51. The van der Waals surface area contributed by atoms with Crippen LogP contribution in [-0.2, 0) is 19.9 Å². The zero-order chi connectivity index (χ0) is 26.5. The molecule has 1 heterocycles. The van der Waals surface area contributed by atoms with Crippen molar-refractivity contribution in [2.24, 2.45) is 11.1 Å². The van der Waals surface area contributed by atoms with E-state index in [1.807, 2.05) is 77.1 Å². The van der Waals surface area contributed by atoms with Crippen LogP contribution in [0.15, 0.2) is 72.9 Å². The minimum Gasteiger partial charge on any atom is -0.367 e. The summed E-state index contributed by atoms with van der Waals surface area (Å²) >= 11 is 0. The lowest BCUT2D eigenvalue weighted by Crippen LogP contribution is -2.64. The molecule has 0 aliphatic heterocycles. The van der Waals surface area contributed by atoms with Gasteiger partial charge in [-0.2, -0.15) is 0 Å². The SMILES string of the molecule is Cc1ccc(C(C(N)=O)(N(C(=O)CCC(=O)Nc2ccccn2)c2cccc(C)c2)C(C)(C)C)cc1. The van der Waals surface area contributed by atoms with E-state index in [-0.39, 0.29) is 24.7 Å². The third kappa shape index (κ3) is 5.46. The number of amides is 3. The molecule has 2 aromatic carbocycles. The van der Waals surface area contributed by atoms with Crippen LogP contribution in [0.1, 0.15) is 50.3 Å². The van der Waals surface area contributed by atoms with Crippen LogP contribution in [0.4, 0.5) is 11.5 Å². The summed E-state index contributed by atoms with van der Waals surface area (Å²) in [6.45, 7) is 9.54. The van der Waals surface area contributed by atoms with Gasteiger partial charge in [0.25, 0.3) is 0 Å². The molecule has 1 unspecified atom stereocenters. The van der Waals surface area contributed by atoms with Crippen LogP contribution in [0, 0.1) is 19.3 Å². The van der Waals surface area contributed by atoms with Crippen LogP contribution in [0.25, 0.3) is 0 Å². The first-order valence-electron chi connectivity index (χ1n) is 11.9. The zero-order valence-electron chi connectivity index (χ0n) is 21.5. The third-order valence-electron chi connectivity index (χ3n) is 6.25. The predicted molar refractivity (Wildman–Crippen MR) is 142 cm³/mol. The van der Waals surface area contributed by atoms with Crippen molar-refractivity contribution in [1.82, 2.24) is 4.98 Å². The van der Waals surface area contributed by atoms with E-state index in [1.165, 1.54) is 4.90 Å². The number of nitrogens with two attached hydrogens (primary N) is 1. The van der Waals surface area contributed by atoms with E-state index in [9.17, 15) is 14.4 Å². The highest BCUT2D eigenvalue weighted by molar-refractivity contribution is 6.05. The smallest absolute Gasteiger partial charge is 0.248 e. The maximum absolute atomic E-state index is 14.0. The summed E-state index contributed by atoms with van der Waals surface area (Å²) in [6.07, 6.45) is 1.38. The number of benzene rings is 2. The maximum atomic E-state index is 14.0. The first-order chi connectivity index (χ1) is 17.0. The summed E-state index contributed by atoms with van der Waals surface area (Å²) in [5.41, 5.74) is 6.98. The number of aromatic nitrogens is 1. The molecule has 0 bridgehead atoms. The van der Waals surface area contributed by atoms with Crippen LogP contribution < -0.4 is 16.0 Å². The molecule has 1 aromatic heterocycles. The van der Waals surface area contributed by atoms with Crippen molar-refractivity contribution in [3.8, 4) is 0 Å². The summed E-state index contributed by atoms with van der Waals surface area (Å²) in [4.78, 5) is 45.6. The van der Waals surface area contributed by atoms with E-state index in [4.69, 9.17) is 5.73 Å². The Morgan fingerprint density at radius 1 is 0.889 bits per heavy atom. The standard InChI is InChI=1S/C29H34N4O3/c1-20-12-14-22(15-13-20)29(27(30)36,28(3,4)5)33(23-10-8-9-21(2)19-23)26(35)17-16-25(34)32-24-11-6-7-18-31-24/h6-15,18-19H,16-17H2,1-5H3,(H2,30,36)(H,31,32,34). The zero-order valence-corrected chi connectivity index (χ0v) is 21.5. The number of aryl methyl sites for hydroxylation is 2. The maximum Gasteiger partial charge on any atom is 0.248 e. The van der Waals surface area contributed by atoms with E-state index < -0.39 is 16.9 Å². The highest BCUT2D eigenvalue weighted by atomic mass is 16.2. The van der Waals surface area contributed by atoms with Crippen LogP contribution in [0.3, 0.4) is 0 Å². The van der Waals surface area contributed by atoms with Gasteiger partial charge in [0.05, 0.1) is 0 Å². The summed E-state index contributed by atoms with van der Waals surface area (Å²) < 4.78 is 0. The minimum absolute atomic E-state index is 0.0788. The molecular formula is C29H34N4O3. The number of carbonyl (C=O) groups is 3. The van der Waals surface area contributed by atoms with Crippen LogP contribution >= 0.6 is 0 Å². The number of pyridine rings is 1. The van der Waals surface area contributed by atoms with Gasteiger partial charge in [-0.15, -0.1) is 0 Å². The quantitative estimate of drug-likeness (QED) is 0.473. The summed E-state index contributed by atoms with van der Waals surface area (Å²) in [7, 11) is 0. The lowest BCUT2D eigenvalue weighted by molar-refractivity contribution is -0.133. The molecule has 3 rings (SSSR count). The number of nitrogens with zero attached hydrogens (tertiary/aromatic N) is 2. The van der Waals surface area contributed by atoms with Crippen molar-refractivity contribution in [3.63, 3.8) is 0 Å². The summed E-state index contributed by atoms with van der Waals surface area (Å²) in [5, 5.41) is 2.70. The van der Waals surface area contributed by atoms with Crippen LogP contribution in [0.2, 0.25) is 0 Å². The Balaban J connectivity index is 2.09. The second-order valence-corrected chi connectivity index (χ2v) is 10.0. The molecule has 0 aliphatic rings. The molecular weight excluding hydrogens is 452 g/mol. The van der Waals surface area contributed by atoms with Crippen molar-refractivity contribution in [1.29, 1.82) is 0 Å². The molecule has 0 saturated carbocycles. The predicted octanol–water partition coefficient (Wildman–Crippen LogP) is 4.88. The van der Waals surface area contributed by atoms with Crippen LogP contribution in [0.5, 0.6) is 0 Å². The monoisotopic (exact) mass is 486 g/mol. The normalized spacial score (nSPS) is 12.9. The molecule has 7 heteroatoms. The molecule has 36 heavy (non-hydrogen) atoms. The molecule has 1 atom stereocenters. The van der Waals surface area contributed by atoms with Gasteiger partial charge < -0.3 is 11.1 Å². The Bertz CT molecular complexity index is 1230. The molecule has 0 aliphatic carbocycles. The van der Waals surface area contributed by atoms with Gasteiger partial charge in [-0.3, -0.25) is 19.3 Å². The summed E-state index contributed by atoms with van der Waals surface area (Å²) in [5.74, 6) is -0.967. The van der Waals surface area contributed by atoms with Crippen molar-refractivity contribution < 1.29 is 14.4 Å². The van der Waals surface area contributed by atoms with Gasteiger partial charge in [0.1, 0.15) is 5.82 Å². The van der Waals surface area contributed by atoms with Gasteiger partial charge >= 0.3 is 0 Å². The van der Waals surface area contributed by atoms with Gasteiger partial charge in [0.2, 0.25) is 17.7 Å². The van der Waals surface area contributed by atoms with Crippen LogP contribution in [-0.4, -0.2) is 22.7 Å². The molecule has 188 valence electrons. The second kappa shape index (κ2) is 10.7. The molecule has 0 radical (unpaired) electrons. The Morgan fingerprint density at radius 3 is 2.14 bits per heavy atom. The summed E-state index contributed by atoms with van der Waals surface area (Å²) in [6, 6.07) is 20.1. The van der Waals surface area contributed by atoms with Crippen molar-refractivity contribution in [2.75, 3.05) is 10.2 Å². The number of nitrogens with one attached hydrogen (secondary N) is 1. The lowest BCUT2D eigenvalue weighted by Gasteiger charge is -2.50. The first kappa shape index (κ1) is 26.6. The second-order valence-electron chi connectivity index (χ2n) is 10.0. The largest absolute Gasteiger partial charge is 0.367 e. The van der Waals surface area contributed by atoms with Gasteiger partial charge in [0.15, 0.2) is 5.54 Å². The van der Waals surface area contributed by atoms with E-state index in [0.717, 1.165) is 11.1 Å². The van der Waals surface area contributed by atoms with E-state index >= 15 is 0 Å². The highest BCUT2D eigenvalue weighted by Gasteiger charge is 2.55. The van der Waals surface area contributed by atoms with E-state index in [2.05, 4.69) is 10.3 Å². The topological polar surface area (TPSA) is 105 Å². The van der Waals surface area contributed by atoms with E-state index in [0.29, 0.717) is 17.1 Å². The fourth-order valence-corrected chi connectivity index (χ4v) is 4.58. The van der Waals surface area contributed by atoms with Gasteiger partial charge in [-0.1, -0.05) is 68.8 Å². The number of carbonyl (C=O) groups excluding carboxylic acids is 3. The lowest BCUT2D eigenvalue weighted by atomic mass is 9.67. The molecule has 0 fully saturated rings. The Morgan fingerprint density at radius 2 is 1.58 bits per heavy atom. The van der Waals surface area contributed by atoms with Crippen molar-refractivity contribution >= 4 is 29.2 Å². The third-order valence-corrected chi connectivity index (χ3v) is 6.25. The molecule has 0 saturated heterocycles. The number of hydrogen-bond donors (Lipinski definition) is 2. The molecule has 3 amide bonds. The average molecular weight is 487 g/mol. The molecule has 3 N–H and O–H groups in total. The number of primary amides is 1. The van der Waals surface area contributed by atoms with Gasteiger partial charge in [0, 0.05) is 24.7 Å².